The fraction of sp³-hybridized carbons (Fsp3) is 0.375. The highest BCUT2D eigenvalue weighted by molar-refractivity contribution is 9.10. The first-order valence-electron chi connectivity index (χ1n) is 3.68. The van der Waals surface area contributed by atoms with Gasteiger partial charge in [0.1, 0.15) is 4.60 Å². The van der Waals surface area contributed by atoms with E-state index in [0.29, 0.717) is 16.0 Å². The minimum absolute atomic E-state index is 0.104. The lowest BCUT2D eigenvalue weighted by Gasteiger charge is -2.12. The first kappa shape index (κ1) is 9.32. The maximum atomic E-state index is 5.67. The minimum atomic E-state index is 0.104. The van der Waals surface area contributed by atoms with Gasteiger partial charge < -0.3 is 10.5 Å². The molecule has 0 aliphatic heterocycles. The van der Waals surface area contributed by atoms with Gasteiger partial charge in [-0.3, -0.25) is 0 Å². The molecule has 1 heterocycles. The molecule has 1 rings (SSSR count). The Hall–Kier alpha value is -0.770. The Morgan fingerprint density at radius 1 is 1.58 bits per heavy atom. The number of hydrogen-bond donors (Lipinski definition) is 1. The smallest absolute Gasteiger partial charge is 0.175 e. The summed E-state index contributed by atoms with van der Waals surface area (Å²) < 4.78 is 6.09. The van der Waals surface area contributed by atoms with Gasteiger partial charge in [-0.2, -0.15) is 0 Å². The van der Waals surface area contributed by atoms with E-state index in [1.165, 1.54) is 0 Å². The summed E-state index contributed by atoms with van der Waals surface area (Å²) in [6.45, 7) is 3.89. The van der Waals surface area contributed by atoms with Crippen LogP contribution in [0.3, 0.4) is 0 Å². The Labute approximate surface area is 80.1 Å². The van der Waals surface area contributed by atoms with Gasteiger partial charge in [-0.05, 0) is 35.8 Å². The largest absolute Gasteiger partial charge is 0.486 e. The maximum Gasteiger partial charge on any atom is 0.175 e. The van der Waals surface area contributed by atoms with E-state index in [-0.39, 0.29) is 6.10 Å². The van der Waals surface area contributed by atoms with Crippen molar-refractivity contribution in [1.82, 2.24) is 4.98 Å². The van der Waals surface area contributed by atoms with Crippen molar-refractivity contribution in [2.24, 2.45) is 0 Å². The molecule has 0 fully saturated rings. The van der Waals surface area contributed by atoms with Gasteiger partial charge in [-0.1, -0.05) is 0 Å². The summed E-state index contributed by atoms with van der Waals surface area (Å²) in [6, 6.07) is 1.71. The highest BCUT2D eigenvalue weighted by atomic mass is 79.9. The van der Waals surface area contributed by atoms with Crippen LogP contribution in [0.1, 0.15) is 13.8 Å². The molecule has 1 aromatic heterocycles. The topological polar surface area (TPSA) is 48.1 Å². The predicted molar refractivity (Wildman–Crippen MR) is 52.1 cm³/mol. The molecule has 2 N–H and O–H groups in total. The van der Waals surface area contributed by atoms with Crippen LogP contribution in [0.5, 0.6) is 5.75 Å². The van der Waals surface area contributed by atoms with Crippen LogP contribution in [0, 0.1) is 0 Å². The number of nitrogens with two attached hydrogens (primary N) is 1. The molecule has 1 aromatic rings. The lowest BCUT2D eigenvalue weighted by molar-refractivity contribution is 0.241. The molecule has 0 bridgehead atoms. The number of aromatic nitrogens is 1. The van der Waals surface area contributed by atoms with Crippen molar-refractivity contribution in [2.45, 2.75) is 20.0 Å². The van der Waals surface area contributed by atoms with E-state index in [1.54, 1.807) is 12.3 Å². The first-order valence-corrected chi connectivity index (χ1v) is 4.47. The molecule has 66 valence electrons. The van der Waals surface area contributed by atoms with Crippen molar-refractivity contribution in [2.75, 3.05) is 5.73 Å². The van der Waals surface area contributed by atoms with Gasteiger partial charge in [0.25, 0.3) is 0 Å². The summed E-state index contributed by atoms with van der Waals surface area (Å²) in [5.41, 5.74) is 6.28. The molecule has 0 saturated heterocycles. The normalized spacial score (nSPS) is 10.3. The zero-order chi connectivity index (χ0) is 9.14. The Balaban J connectivity index is 2.96. The number of ether oxygens (including phenoxy) is 1. The average Bonchev–Trinajstić information content (AvgIpc) is 1.97. The minimum Gasteiger partial charge on any atom is -0.486 e. The third kappa shape index (κ3) is 2.11. The van der Waals surface area contributed by atoms with E-state index >= 15 is 0 Å². The summed E-state index contributed by atoms with van der Waals surface area (Å²) >= 11 is 3.26. The fourth-order valence-electron chi connectivity index (χ4n) is 0.789. The molecule has 4 heteroatoms. The van der Waals surface area contributed by atoms with Gasteiger partial charge in [-0.25, -0.2) is 4.98 Å². The average molecular weight is 231 g/mol. The standard InChI is InChI=1S/C8H11BrN2O/c1-5(2)12-7-6(10)3-4-11-8(7)9/h3-5H,1-2H3,(H2,10,11). The predicted octanol–water partition coefficient (Wildman–Crippen LogP) is 2.21. The van der Waals surface area contributed by atoms with Crippen molar-refractivity contribution < 1.29 is 4.74 Å². The molecule has 3 nitrogen and oxygen atoms in total. The summed E-state index contributed by atoms with van der Waals surface area (Å²) in [5, 5.41) is 0. The van der Waals surface area contributed by atoms with Crippen molar-refractivity contribution in [1.29, 1.82) is 0 Å². The molecule has 0 radical (unpaired) electrons. The number of nitrogen functional groups attached to an aromatic ring is 1. The van der Waals surface area contributed by atoms with Crippen LogP contribution in [-0.2, 0) is 0 Å². The van der Waals surface area contributed by atoms with E-state index in [9.17, 15) is 0 Å². The van der Waals surface area contributed by atoms with E-state index in [2.05, 4.69) is 20.9 Å². The van der Waals surface area contributed by atoms with E-state index in [1.807, 2.05) is 13.8 Å². The lowest BCUT2D eigenvalue weighted by atomic mass is 10.4. The second kappa shape index (κ2) is 3.76. The number of halogens is 1. The SMILES string of the molecule is CC(C)Oc1c(N)ccnc1Br. The zero-order valence-corrected chi connectivity index (χ0v) is 8.63. The molecule has 0 aliphatic carbocycles. The monoisotopic (exact) mass is 230 g/mol. The van der Waals surface area contributed by atoms with Gasteiger partial charge in [-0.15, -0.1) is 0 Å². The highest BCUT2D eigenvalue weighted by Crippen LogP contribution is 2.29. The number of hydrogen-bond acceptors (Lipinski definition) is 3. The van der Waals surface area contributed by atoms with Crippen molar-refractivity contribution >= 4 is 21.6 Å². The summed E-state index contributed by atoms with van der Waals surface area (Å²) in [4.78, 5) is 4.00. The summed E-state index contributed by atoms with van der Waals surface area (Å²) in [5.74, 6) is 0.618. The van der Waals surface area contributed by atoms with Gasteiger partial charge in [0, 0.05) is 6.20 Å². The van der Waals surface area contributed by atoms with Gasteiger partial charge in [0.2, 0.25) is 0 Å². The van der Waals surface area contributed by atoms with Crippen LogP contribution in [0.15, 0.2) is 16.9 Å². The van der Waals surface area contributed by atoms with Gasteiger partial charge in [0.05, 0.1) is 11.8 Å². The van der Waals surface area contributed by atoms with E-state index in [0.717, 1.165) is 0 Å². The molecule has 0 saturated carbocycles. The van der Waals surface area contributed by atoms with Gasteiger partial charge >= 0.3 is 0 Å². The molecule has 0 amide bonds. The second-order valence-electron chi connectivity index (χ2n) is 2.69. The van der Waals surface area contributed by atoms with Crippen LogP contribution >= 0.6 is 15.9 Å². The third-order valence-electron chi connectivity index (χ3n) is 1.25. The maximum absolute atomic E-state index is 5.67. The van der Waals surface area contributed by atoms with E-state index in [4.69, 9.17) is 10.5 Å². The second-order valence-corrected chi connectivity index (χ2v) is 3.44. The van der Waals surface area contributed by atoms with Crippen LogP contribution in [0.2, 0.25) is 0 Å². The molecule has 0 spiro atoms. The Morgan fingerprint density at radius 2 is 2.25 bits per heavy atom. The summed E-state index contributed by atoms with van der Waals surface area (Å²) in [6.07, 6.45) is 1.74. The molecular formula is C8H11BrN2O. The van der Waals surface area contributed by atoms with Crippen molar-refractivity contribution in [3.63, 3.8) is 0 Å². The van der Waals surface area contributed by atoms with Crippen molar-refractivity contribution in [3.05, 3.63) is 16.9 Å². The van der Waals surface area contributed by atoms with Crippen LogP contribution < -0.4 is 10.5 Å². The Bertz CT molecular complexity index is 256. The summed E-state index contributed by atoms with van der Waals surface area (Å²) in [7, 11) is 0. The number of anilines is 1. The number of rotatable bonds is 2. The fourth-order valence-corrected chi connectivity index (χ4v) is 1.23. The molecule has 0 aromatic carbocycles. The van der Waals surface area contributed by atoms with Crippen LogP contribution in [0.4, 0.5) is 5.69 Å². The molecule has 12 heavy (non-hydrogen) atoms. The lowest BCUT2D eigenvalue weighted by Crippen LogP contribution is -2.08. The number of nitrogens with zero attached hydrogens (tertiary/aromatic N) is 1. The zero-order valence-electron chi connectivity index (χ0n) is 7.04. The molecule has 0 unspecified atom stereocenters. The molecular weight excluding hydrogens is 220 g/mol. The highest BCUT2D eigenvalue weighted by Gasteiger charge is 2.07. The van der Waals surface area contributed by atoms with Crippen molar-refractivity contribution in [3.8, 4) is 5.75 Å². The van der Waals surface area contributed by atoms with Gasteiger partial charge in [0.15, 0.2) is 5.75 Å². The van der Waals surface area contributed by atoms with Crippen LogP contribution in [0.25, 0.3) is 0 Å². The Morgan fingerprint density at radius 3 is 2.75 bits per heavy atom. The molecule has 0 atom stereocenters. The third-order valence-corrected chi connectivity index (χ3v) is 1.81. The quantitative estimate of drug-likeness (QED) is 0.794. The van der Waals surface area contributed by atoms with Crippen LogP contribution in [-0.4, -0.2) is 11.1 Å². The Kier molecular flexibility index (Phi) is 2.92. The first-order chi connectivity index (χ1) is 5.61. The molecule has 0 aliphatic rings. The van der Waals surface area contributed by atoms with E-state index < -0.39 is 0 Å². The number of pyridine rings is 1.